The number of hydrogen-bond acceptors (Lipinski definition) is 6. The highest BCUT2D eigenvalue weighted by Crippen LogP contribution is 2.48. The summed E-state index contributed by atoms with van der Waals surface area (Å²) in [6, 6.07) is 23.4. The van der Waals surface area contributed by atoms with E-state index in [0.717, 1.165) is 33.1 Å². The number of amides is 1. The topological polar surface area (TPSA) is 72.5 Å². The van der Waals surface area contributed by atoms with Gasteiger partial charge in [-0.25, -0.2) is 0 Å². The molecule has 7 nitrogen and oxygen atoms in total. The summed E-state index contributed by atoms with van der Waals surface area (Å²) in [6.07, 6.45) is 0.799. The number of aromatic nitrogens is 4. The van der Waals surface area contributed by atoms with E-state index in [1.807, 2.05) is 84.1 Å². The fraction of sp³-hybridized carbons (Fsp3) is 0.154. The minimum Gasteiger partial charge on any atom is -0.278 e. The second-order valence-corrected chi connectivity index (χ2v) is 10.2. The number of fused-ring (bicyclic) bond motifs is 5. The first-order chi connectivity index (χ1) is 17.2. The summed E-state index contributed by atoms with van der Waals surface area (Å²) in [7, 11) is 0. The van der Waals surface area contributed by atoms with E-state index in [2.05, 4.69) is 10.2 Å². The largest absolute Gasteiger partial charge is 0.278 e. The van der Waals surface area contributed by atoms with E-state index in [9.17, 15) is 9.59 Å². The Hall–Kier alpha value is -3.56. The van der Waals surface area contributed by atoms with Gasteiger partial charge in [0.25, 0.3) is 5.56 Å². The lowest BCUT2D eigenvalue weighted by atomic mass is 10.2. The fourth-order valence-electron chi connectivity index (χ4n) is 4.42. The first-order valence-corrected chi connectivity index (χ1v) is 13.2. The minimum atomic E-state index is -0.0750. The van der Waals surface area contributed by atoms with Crippen LogP contribution in [0.4, 0.5) is 11.4 Å². The van der Waals surface area contributed by atoms with Gasteiger partial charge in [0.1, 0.15) is 0 Å². The number of nitrogens with zero attached hydrogens (tertiary/aromatic N) is 5. The molecule has 1 amide bonds. The third-order valence-electron chi connectivity index (χ3n) is 5.93. The number of para-hydroxylation sites is 3. The summed E-state index contributed by atoms with van der Waals surface area (Å²) < 4.78 is 3.55. The lowest BCUT2D eigenvalue weighted by Gasteiger charge is -2.30. The molecule has 5 aromatic rings. The molecule has 1 aliphatic rings. The van der Waals surface area contributed by atoms with Gasteiger partial charge in [-0.15, -0.1) is 10.2 Å². The number of benzene rings is 3. The second-order valence-electron chi connectivity index (χ2n) is 8.15. The van der Waals surface area contributed by atoms with Gasteiger partial charge in [0, 0.05) is 16.3 Å². The Kier molecular flexibility index (Phi) is 5.58. The number of thioether (sulfide) groups is 1. The lowest BCUT2D eigenvalue weighted by Crippen LogP contribution is -2.30. The molecule has 0 bridgehead atoms. The van der Waals surface area contributed by atoms with Crippen LogP contribution in [0.3, 0.4) is 0 Å². The molecule has 9 heteroatoms. The third kappa shape index (κ3) is 3.62. The van der Waals surface area contributed by atoms with E-state index in [1.54, 1.807) is 21.2 Å². The van der Waals surface area contributed by atoms with Gasteiger partial charge in [-0.05, 0) is 42.8 Å². The van der Waals surface area contributed by atoms with Crippen molar-refractivity contribution in [3.05, 3.63) is 83.2 Å². The molecule has 0 unspecified atom stereocenters. The highest BCUT2D eigenvalue weighted by molar-refractivity contribution is 8.00. The average molecular weight is 500 g/mol. The van der Waals surface area contributed by atoms with Crippen molar-refractivity contribution in [3.8, 4) is 0 Å². The van der Waals surface area contributed by atoms with Crippen LogP contribution in [-0.4, -0.2) is 30.8 Å². The van der Waals surface area contributed by atoms with Crippen molar-refractivity contribution in [2.45, 2.75) is 34.8 Å². The van der Waals surface area contributed by atoms with Gasteiger partial charge in [-0.2, -0.15) is 0 Å². The quantitative estimate of drug-likeness (QED) is 0.303. The van der Waals surface area contributed by atoms with Crippen molar-refractivity contribution < 1.29 is 4.79 Å². The van der Waals surface area contributed by atoms with Crippen molar-refractivity contribution in [3.63, 3.8) is 0 Å². The summed E-state index contributed by atoms with van der Waals surface area (Å²) >= 11 is 3.00. The summed E-state index contributed by atoms with van der Waals surface area (Å²) in [5.74, 6) is 0.628. The van der Waals surface area contributed by atoms with Crippen LogP contribution < -0.4 is 10.5 Å². The number of anilines is 2. The van der Waals surface area contributed by atoms with Crippen LogP contribution in [0.1, 0.15) is 13.3 Å². The molecule has 3 aromatic carbocycles. The summed E-state index contributed by atoms with van der Waals surface area (Å²) in [4.78, 5) is 30.6. The fourth-order valence-corrected chi connectivity index (χ4v) is 6.26. The molecule has 0 saturated heterocycles. The molecule has 1 aliphatic heterocycles. The predicted octanol–water partition coefficient (Wildman–Crippen LogP) is 5.38. The van der Waals surface area contributed by atoms with Gasteiger partial charge in [0.2, 0.25) is 11.7 Å². The maximum absolute atomic E-state index is 13.6. The van der Waals surface area contributed by atoms with Gasteiger partial charge in [0.05, 0.1) is 28.0 Å². The number of carbonyl (C=O) groups excluding carboxylic acids is 1. The molecule has 0 aliphatic carbocycles. The van der Waals surface area contributed by atoms with Crippen molar-refractivity contribution in [1.29, 1.82) is 0 Å². The van der Waals surface area contributed by atoms with Gasteiger partial charge >= 0.3 is 0 Å². The zero-order valence-corrected chi connectivity index (χ0v) is 20.6. The molecule has 0 atom stereocenters. The Bertz CT molecular complexity index is 1610. The van der Waals surface area contributed by atoms with E-state index < -0.39 is 0 Å². The molecule has 0 spiro atoms. The number of hydrogen-bond donors (Lipinski definition) is 0. The normalized spacial score (nSPS) is 12.7. The van der Waals surface area contributed by atoms with E-state index in [-0.39, 0.29) is 17.2 Å². The molecule has 3 heterocycles. The second kappa shape index (κ2) is 8.90. The molecule has 0 N–H and O–H groups in total. The first-order valence-electron chi connectivity index (χ1n) is 11.4. The van der Waals surface area contributed by atoms with E-state index >= 15 is 0 Å². The standard InChI is InChI=1S/C26H21N5O2S2/c1-2-15-29-24(33)17-9-3-4-10-18(17)31-25(29)27-28-26(31)34-16-23(32)30-19-11-5-7-13-21(19)35-22-14-8-6-12-20(22)30/h3-14H,2,15-16H2,1H3. The van der Waals surface area contributed by atoms with Crippen molar-refractivity contribution in [1.82, 2.24) is 19.2 Å². The molecule has 0 fully saturated rings. The molecule has 35 heavy (non-hydrogen) atoms. The summed E-state index contributed by atoms with van der Waals surface area (Å²) in [5.41, 5.74) is 2.43. The minimum absolute atomic E-state index is 0.0434. The molecule has 2 aromatic heterocycles. The maximum atomic E-state index is 13.6. The van der Waals surface area contributed by atoms with E-state index in [1.165, 1.54) is 11.8 Å². The van der Waals surface area contributed by atoms with Gasteiger partial charge < -0.3 is 0 Å². The molecule has 0 radical (unpaired) electrons. The van der Waals surface area contributed by atoms with Crippen molar-refractivity contribution in [2.75, 3.05) is 10.7 Å². The zero-order valence-electron chi connectivity index (χ0n) is 18.9. The first kappa shape index (κ1) is 21.9. The van der Waals surface area contributed by atoms with Crippen molar-refractivity contribution >= 4 is 57.5 Å². The van der Waals surface area contributed by atoms with Gasteiger partial charge in [-0.1, -0.05) is 66.8 Å². The van der Waals surface area contributed by atoms with E-state index in [0.29, 0.717) is 22.9 Å². The number of rotatable bonds is 5. The zero-order chi connectivity index (χ0) is 23.9. The van der Waals surface area contributed by atoms with Crippen LogP contribution >= 0.6 is 23.5 Å². The van der Waals surface area contributed by atoms with Crippen LogP contribution in [-0.2, 0) is 11.3 Å². The Balaban J connectivity index is 1.39. The number of carbonyl (C=O) groups is 1. The van der Waals surface area contributed by atoms with Crippen LogP contribution in [0.15, 0.2) is 92.5 Å². The molecule has 174 valence electrons. The number of aryl methyl sites for hydroxylation is 1. The molecular weight excluding hydrogens is 478 g/mol. The molecular formula is C26H21N5O2S2. The Labute approximate surface area is 209 Å². The van der Waals surface area contributed by atoms with Crippen LogP contribution in [0, 0.1) is 0 Å². The average Bonchev–Trinajstić information content (AvgIpc) is 3.32. The van der Waals surface area contributed by atoms with Crippen LogP contribution in [0.5, 0.6) is 0 Å². The third-order valence-corrected chi connectivity index (χ3v) is 7.98. The monoisotopic (exact) mass is 499 g/mol. The highest BCUT2D eigenvalue weighted by Gasteiger charge is 2.28. The van der Waals surface area contributed by atoms with Crippen molar-refractivity contribution in [2.24, 2.45) is 0 Å². The predicted molar refractivity (Wildman–Crippen MR) is 140 cm³/mol. The Morgan fingerprint density at radius 3 is 2.29 bits per heavy atom. The smallest absolute Gasteiger partial charge is 0.262 e. The SMILES string of the molecule is CCCn1c(=O)c2ccccc2n2c(SCC(=O)N3c4ccccc4Sc4ccccc43)nnc12. The highest BCUT2D eigenvalue weighted by atomic mass is 32.2. The maximum Gasteiger partial charge on any atom is 0.262 e. The molecule has 0 saturated carbocycles. The van der Waals surface area contributed by atoms with E-state index in [4.69, 9.17) is 0 Å². The van der Waals surface area contributed by atoms with Gasteiger partial charge in [-0.3, -0.25) is 23.5 Å². The Morgan fingerprint density at radius 2 is 1.57 bits per heavy atom. The Morgan fingerprint density at radius 1 is 0.914 bits per heavy atom. The lowest BCUT2D eigenvalue weighted by molar-refractivity contribution is -0.115. The summed E-state index contributed by atoms with van der Waals surface area (Å²) in [6.45, 7) is 2.57. The van der Waals surface area contributed by atoms with Crippen LogP contribution in [0.2, 0.25) is 0 Å². The molecule has 6 rings (SSSR count). The van der Waals surface area contributed by atoms with Gasteiger partial charge in [0.15, 0.2) is 5.16 Å². The van der Waals surface area contributed by atoms with Crippen LogP contribution in [0.25, 0.3) is 16.7 Å². The summed E-state index contributed by atoms with van der Waals surface area (Å²) in [5, 5.41) is 9.91.